The molecule has 112 valence electrons. The van der Waals surface area contributed by atoms with Gasteiger partial charge in [-0.25, -0.2) is 0 Å². The van der Waals surface area contributed by atoms with E-state index in [2.05, 4.69) is 17.3 Å². The van der Waals surface area contributed by atoms with E-state index >= 15 is 0 Å². The molecule has 0 bridgehead atoms. The second-order valence-corrected chi connectivity index (χ2v) is 5.06. The highest BCUT2D eigenvalue weighted by Crippen LogP contribution is 2.13. The topological polar surface area (TPSA) is 67.2 Å². The first-order valence-corrected chi connectivity index (χ1v) is 7.23. The van der Waals surface area contributed by atoms with E-state index in [1.165, 1.54) is 0 Å². The number of benzene rings is 1. The van der Waals surface area contributed by atoms with Gasteiger partial charge in [0.15, 0.2) is 0 Å². The Morgan fingerprint density at radius 1 is 1.38 bits per heavy atom. The Morgan fingerprint density at radius 2 is 2.24 bits per heavy atom. The van der Waals surface area contributed by atoms with Crippen molar-refractivity contribution in [3.8, 4) is 0 Å². The zero-order valence-corrected chi connectivity index (χ0v) is 12.2. The van der Waals surface area contributed by atoms with Crippen LogP contribution in [0.5, 0.6) is 0 Å². The van der Waals surface area contributed by atoms with Gasteiger partial charge in [-0.2, -0.15) is 5.10 Å². The molecule has 21 heavy (non-hydrogen) atoms. The number of anilines is 1. The molecule has 5 nitrogen and oxygen atoms in total. The fourth-order valence-corrected chi connectivity index (χ4v) is 2.14. The summed E-state index contributed by atoms with van der Waals surface area (Å²) in [6, 6.07) is 7.88. The molecule has 1 aromatic carbocycles. The minimum atomic E-state index is -0.767. The Bertz CT molecular complexity index is 593. The summed E-state index contributed by atoms with van der Waals surface area (Å²) in [4.78, 5) is 10.6. The van der Waals surface area contributed by atoms with Gasteiger partial charge in [0, 0.05) is 37.0 Å². The van der Waals surface area contributed by atoms with Crippen LogP contribution in [0.2, 0.25) is 0 Å². The van der Waals surface area contributed by atoms with Crippen molar-refractivity contribution in [3.63, 3.8) is 0 Å². The molecular formula is C16H21N3O2. The number of carboxylic acid groups (broad SMARTS) is 1. The monoisotopic (exact) mass is 287 g/mol. The van der Waals surface area contributed by atoms with Crippen LogP contribution < -0.4 is 5.32 Å². The lowest BCUT2D eigenvalue weighted by molar-refractivity contribution is -0.136. The second-order valence-electron chi connectivity index (χ2n) is 5.06. The molecule has 0 unspecified atom stereocenters. The van der Waals surface area contributed by atoms with Crippen LogP contribution in [0, 0.1) is 0 Å². The maximum Gasteiger partial charge on any atom is 0.303 e. The van der Waals surface area contributed by atoms with Crippen molar-refractivity contribution in [1.29, 1.82) is 0 Å². The molecule has 0 aliphatic heterocycles. The molecule has 0 spiro atoms. The predicted molar refractivity (Wildman–Crippen MR) is 82.2 cm³/mol. The largest absolute Gasteiger partial charge is 0.481 e. The summed E-state index contributed by atoms with van der Waals surface area (Å²) in [5.41, 5.74) is 3.17. The van der Waals surface area contributed by atoms with Gasteiger partial charge in [0.05, 0.1) is 6.20 Å². The van der Waals surface area contributed by atoms with Gasteiger partial charge in [-0.05, 0) is 30.5 Å². The highest BCUT2D eigenvalue weighted by Gasteiger charge is 2.02. The zero-order chi connectivity index (χ0) is 15.1. The van der Waals surface area contributed by atoms with E-state index in [0.717, 1.165) is 29.8 Å². The molecule has 0 radical (unpaired) electrons. The summed E-state index contributed by atoms with van der Waals surface area (Å²) in [7, 11) is 0. The molecule has 0 fully saturated rings. The maximum absolute atomic E-state index is 10.6. The number of aliphatic carboxylic acids is 1. The second kappa shape index (κ2) is 7.47. The van der Waals surface area contributed by atoms with Gasteiger partial charge in [0.2, 0.25) is 0 Å². The first-order chi connectivity index (χ1) is 10.2. The Balaban J connectivity index is 1.89. The molecule has 0 amide bonds. The third-order valence-electron chi connectivity index (χ3n) is 3.19. The summed E-state index contributed by atoms with van der Waals surface area (Å²) in [6.07, 6.45) is 5.70. The first-order valence-electron chi connectivity index (χ1n) is 7.23. The van der Waals surface area contributed by atoms with Crippen LogP contribution in [0.1, 0.15) is 30.9 Å². The van der Waals surface area contributed by atoms with E-state index in [1.54, 1.807) is 0 Å². The van der Waals surface area contributed by atoms with E-state index in [4.69, 9.17) is 5.11 Å². The SMILES string of the molecule is CCCn1cc(CNc2cccc(CCC(=O)O)c2)cn1. The number of rotatable bonds is 8. The molecule has 0 aliphatic rings. The van der Waals surface area contributed by atoms with E-state index in [9.17, 15) is 4.79 Å². The number of carbonyl (C=O) groups is 1. The Hall–Kier alpha value is -2.30. The average Bonchev–Trinajstić information content (AvgIpc) is 2.92. The molecule has 5 heteroatoms. The van der Waals surface area contributed by atoms with E-state index in [0.29, 0.717) is 13.0 Å². The number of aryl methyl sites for hydroxylation is 2. The Labute approximate surface area is 124 Å². The summed E-state index contributed by atoms with van der Waals surface area (Å²) in [6.45, 7) is 3.78. The molecule has 0 saturated heterocycles. The lowest BCUT2D eigenvalue weighted by Crippen LogP contribution is -2.01. The Morgan fingerprint density at radius 3 is 3.00 bits per heavy atom. The average molecular weight is 287 g/mol. The van der Waals surface area contributed by atoms with Crippen LogP contribution in [-0.4, -0.2) is 20.9 Å². The fraction of sp³-hybridized carbons (Fsp3) is 0.375. The molecule has 0 saturated carbocycles. The molecule has 2 aromatic rings. The molecule has 1 aromatic heterocycles. The van der Waals surface area contributed by atoms with Crippen molar-refractivity contribution >= 4 is 11.7 Å². The highest BCUT2D eigenvalue weighted by atomic mass is 16.4. The van der Waals surface area contributed by atoms with Gasteiger partial charge in [0.25, 0.3) is 0 Å². The fourth-order valence-electron chi connectivity index (χ4n) is 2.14. The summed E-state index contributed by atoms with van der Waals surface area (Å²) < 4.78 is 1.94. The number of nitrogens with one attached hydrogen (secondary N) is 1. The highest BCUT2D eigenvalue weighted by molar-refractivity contribution is 5.67. The van der Waals surface area contributed by atoms with E-state index in [1.807, 2.05) is 41.3 Å². The van der Waals surface area contributed by atoms with Crippen LogP contribution in [0.4, 0.5) is 5.69 Å². The molecule has 1 heterocycles. The van der Waals surface area contributed by atoms with Crippen LogP contribution in [0.15, 0.2) is 36.7 Å². The van der Waals surface area contributed by atoms with Crippen LogP contribution in [-0.2, 0) is 24.3 Å². The van der Waals surface area contributed by atoms with Gasteiger partial charge in [-0.3, -0.25) is 9.48 Å². The summed E-state index contributed by atoms with van der Waals surface area (Å²) in [5.74, 6) is -0.767. The number of nitrogens with zero attached hydrogens (tertiary/aromatic N) is 2. The van der Waals surface area contributed by atoms with Crippen molar-refractivity contribution in [1.82, 2.24) is 9.78 Å². The zero-order valence-electron chi connectivity index (χ0n) is 12.2. The third-order valence-corrected chi connectivity index (χ3v) is 3.19. The van der Waals surface area contributed by atoms with Crippen LogP contribution >= 0.6 is 0 Å². The predicted octanol–water partition coefficient (Wildman–Crippen LogP) is 2.92. The molecule has 2 N–H and O–H groups in total. The van der Waals surface area contributed by atoms with Crippen LogP contribution in [0.3, 0.4) is 0 Å². The number of aromatic nitrogens is 2. The summed E-state index contributed by atoms with van der Waals surface area (Å²) >= 11 is 0. The number of carboxylic acids is 1. The smallest absolute Gasteiger partial charge is 0.303 e. The number of hydrogen-bond donors (Lipinski definition) is 2. The molecular weight excluding hydrogens is 266 g/mol. The minimum Gasteiger partial charge on any atom is -0.481 e. The lowest BCUT2D eigenvalue weighted by atomic mass is 10.1. The maximum atomic E-state index is 10.6. The van der Waals surface area contributed by atoms with Crippen molar-refractivity contribution < 1.29 is 9.90 Å². The van der Waals surface area contributed by atoms with Gasteiger partial charge in [-0.1, -0.05) is 19.1 Å². The molecule has 2 rings (SSSR count). The van der Waals surface area contributed by atoms with Crippen LogP contribution in [0.25, 0.3) is 0 Å². The molecule has 0 aliphatic carbocycles. The van der Waals surface area contributed by atoms with Crippen molar-refractivity contribution in [2.24, 2.45) is 0 Å². The van der Waals surface area contributed by atoms with Gasteiger partial charge in [0.1, 0.15) is 0 Å². The summed E-state index contributed by atoms with van der Waals surface area (Å²) in [5, 5.41) is 16.4. The van der Waals surface area contributed by atoms with Crippen molar-refractivity contribution in [2.45, 2.75) is 39.3 Å². The normalized spacial score (nSPS) is 10.5. The quantitative estimate of drug-likeness (QED) is 0.783. The van der Waals surface area contributed by atoms with E-state index < -0.39 is 5.97 Å². The number of hydrogen-bond acceptors (Lipinski definition) is 3. The van der Waals surface area contributed by atoms with Crippen molar-refractivity contribution in [3.05, 3.63) is 47.8 Å². The first kappa shape index (κ1) is 15.1. The molecule has 0 atom stereocenters. The van der Waals surface area contributed by atoms with Gasteiger partial charge >= 0.3 is 5.97 Å². The van der Waals surface area contributed by atoms with Crippen molar-refractivity contribution in [2.75, 3.05) is 5.32 Å². The minimum absolute atomic E-state index is 0.160. The third kappa shape index (κ3) is 4.95. The van der Waals surface area contributed by atoms with Gasteiger partial charge < -0.3 is 10.4 Å². The lowest BCUT2D eigenvalue weighted by Gasteiger charge is -2.07. The Kier molecular flexibility index (Phi) is 5.37. The van der Waals surface area contributed by atoms with Gasteiger partial charge in [-0.15, -0.1) is 0 Å². The van der Waals surface area contributed by atoms with E-state index in [-0.39, 0.29) is 6.42 Å². The standard InChI is InChI=1S/C16H21N3O2/c1-2-8-19-12-14(11-18-19)10-17-15-5-3-4-13(9-15)6-7-16(20)21/h3-5,9,11-12,17H,2,6-8,10H2,1H3,(H,20,21).